The summed E-state index contributed by atoms with van der Waals surface area (Å²) >= 11 is 0. The third kappa shape index (κ3) is 5.09. The Hall–Kier alpha value is -4.66. The van der Waals surface area contributed by atoms with Gasteiger partial charge in [0.05, 0.1) is 29.7 Å². The first-order valence-electron chi connectivity index (χ1n) is 18.5. The van der Waals surface area contributed by atoms with E-state index < -0.39 is 21.3 Å². The second-order valence-corrected chi connectivity index (χ2v) is 17.3. The van der Waals surface area contributed by atoms with Crippen LogP contribution in [0.2, 0.25) is 0 Å². The van der Waals surface area contributed by atoms with Crippen molar-refractivity contribution in [3.63, 3.8) is 0 Å². The van der Waals surface area contributed by atoms with Gasteiger partial charge in [-0.25, -0.2) is 18.0 Å². The van der Waals surface area contributed by atoms with Crippen molar-refractivity contribution in [3.05, 3.63) is 88.8 Å². The van der Waals surface area contributed by atoms with Crippen LogP contribution in [-0.2, 0) is 21.4 Å². The summed E-state index contributed by atoms with van der Waals surface area (Å²) in [6.07, 6.45) is 8.43. The minimum atomic E-state index is -4.32. The highest BCUT2D eigenvalue weighted by molar-refractivity contribution is 7.90. The summed E-state index contributed by atoms with van der Waals surface area (Å²) in [4.78, 5) is 36.6. The molecule has 1 N–H and O–H groups in total. The van der Waals surface area contributed by atoms with Crippen LogP contribution in [0.5, 0.6) is 5.75 Å². The predicted molar refractivity (Wildman–Crippen MR) is 198 cm³/mol. The average Bonchev–Trinajstić information content (AvgIpc) is 3.74. The molecule has 2 saturated carbocycles. The van der Waals surface area contributed by atoms with Crippen molar-refractivity contribution in [2.45, 2.75) is 86.7 Å². The maximum absolute atomic E-state index is 15.1. The molecule has 4 atom stereocenters. The number of benzene rings is 3. The lowest BCUT2D eigenvalue weighted by Crippen LogP contribution is -2.57. The molecular weight excluding hydrogens is 675 g/mol. The van der Waals surface area contributed by atoms with Gasteiger partial charge in [0, 0.05) is 59.7 Å². The van der Waals surface area contributed by atoms with Crippen LogP contribution in [0.15, 0.2) is 65.6 Å². The van der Waals surface area contributed by atoms with E-state index in [0.29, 0.717) is 12.5 Å². The summed E-state index contributed by atoms with van der Waals surface area (Å²) in [6, 6.07) is 18.1. The van der Waals surface area contributed by atoms with Crippen molar-refractivity contribution in [2.24, 2.45) is 5.41 Å². The Morgan fingerprint density at radius 3 is 2.44 bits per heavy atom. The predicted octanol–water partition coefficient (Wildman–Crippen LogP) is 6.83. The number of fused-ring (bicyclic) bond motifs is 9. The number of likely N-dealkylation sites (N-methyl/N-ethyl adjacent to an activating group) is 1. The molecule has 3 aliphatic heterocycles. The summed E-state index contributed by atoms with van der Waals surface area (Å²) in [6.45, 7) is 9.70. The van der Waals surface area contributed by atoms with E-state index in [9.17, 15) is 13.2 Å². The van der Waals surface area contributed by atoms with Crippen LogP contribution < -0.4 is 9.46 Å². The lowest BCUT2D eigenvalue weighted by atomic mass is 9.81. The van der Waals surface area contributed by atoms with Crippen molar-refractivity contribution in [3.8, 4) is 17.0 Å². The highest BCUT2D eigenvalue weighted by atomic mass is 32.2. The number of nitrogens with one attached hydrogen (secondary N) is 1. The number of carbonyl (C=O) groups is 2. The Morgan fingerprint density at radius 1 is 0.962 bits per heavy atom. The van der Waals surface area contributed by atoms with E-state index in [0.717, 1.165) is 91.5 Å². The van der Waals surface area contributed by atoms with Gasteiger partial charge in [0.1, 0.15) is 5.75 Å². The average molecular weight is 718 g/mol. The summed E-state index contributed by atoms with van der Waals surface area (Å²) < 4.78 is 37.1. The number of rotatable bonds is 6. The molecule has 2 saturated heterocycles. The minimum absolute atomic E-state index is 0.0393. The lowest BCUT2D eigenvalue weighted by molar-refractivity contribution is -0.143. The van der Waals surface area contributed by atoms with Gasteiger partial charge in [0.15, 0.2) is 0 Å². The SMILES string of the molecule is [C-]#[N+]c1ccccc1S(=O)(=O)NC(=O)c1ccc2c(C3CCCCC3)c3n(c2c1)CC1(C(=O)N2C4CCC2CN(C)C4)CC1c1cc(OC)ccc1-3. The van der Waals surface area contributed by atoms with Crippen LogP contribution in [0.25, 0.3) is 27.0 Å². The first-order valence-corrected chi connectivity index (χ1v) is 20.0. The van der Waals surface area contributed by atoms with Crippen molar-refractivity contribution in [2.75, 3.05) is 27.2 Å². The van der Waals surface area contributed by atoms with Crippen LogP contribution in [0, 0.1) is 12.0 Å². The first-order chi connectivity index (χ1) is 25.1. The fourth-order valence-electron chi connectivity index (χ4n) is 10.1. The molecule has 52 heavy (non-hydrogen) atoms. The minimum Gasteiger partial charge on any atom is -0.497 e. The molecule has 4 fully saturated rings. The molecule has 1 aromatic heterocycles. The lowest BCUT2D eigenvalue weighted by Gasteiger charge is -2.41. The second kappa shape index (κ2) is 12.2. The van der Waals surface area contributed by atoms with E-state index in [2.05, 4.69) is 43.1 Å². The number of nitrogens with zero attached hydrogens (tertiary/aromatic N) is 4. The number of hydrogen-bond donors (Lipinski definition) is 1. The smallest absolute Gasteiger partial charge is 0.265 e. The fourth-order valence-corrected chi connectivity index (χ4v) is 11.3. The van der Waals surface area contributed by atoms with Gasteiger partial charge in [-0.2, -0.15) is 0 Å². The first kappa shape index (κ1) is 33.2. The van der Waals surface area contributed by atoms with Crippen molar-refractivity contribution in [1.29, 1.82) is 0 Å². The van der Waals surface area contributed by atoms with Gasteiger partial charge in [-0.1, -0.05) is 49.6 Å². The molecule has 4 unspecified atom stereocenters. The zero-order chi connectivity index (χ0) is 35.9. The summed E-state index contributed by atoms with van der Waals surface area (Å²) in [5.41, 5.74) is 4.98. The monoisotopic (exact) mass is 717 g/mol. The number of ether oxygens (including phenoxy) is 1. The zero-order valence-electron chi connectivity index (χ0n) is 29.6. The van der Waals surface area contributed by atoms with Crippen molar-refractivity contribution >= 4 is 38.4 Å². The normalized spacial score (nSPS) is 25.4. The number of aromatic nitrogens is 1. The zero-order valence-corrected chi connectivity index (χ0v) is 30.4. The second-order valence-electron chi connectivity index (χ2n) is 15.6. The molecule has 0 radical (unpaired) electrons. The largest absolute Gasteiger partial charge is 0.497 e. The fraction of sp³-hybridized carbons (Fsp3) is 0.439. The van der Waals surface area contributed by atoms with E-state index in [1.807, 2.05) is 12.1 Å². The number of likely N-dealkylation sites (tertiary alicyclic amines) is 1. The van der Waals surface area contributed by atoms with Gasteiger partial charge < -0.3 is 19.1 Å². The Balaban J connectivity index is 1.20. The Kier molecular flexibility index (Phi) is 7.79. The molecule has 268 valence electrons. The summed E-state index contributed by atoms with van der Waals surface area (Å²) in [5.74, 6) is 0.605. The van der Waals surface area contributed by atoms with Gasteiger partial charge in [0.25, 0.3) is 15.9 Å². The maximum atomic E-state index is 15.1. The molecule has 5 aliphatic rings. The summed E-state index contributed by atoms with van der Waals surface area (Å²) in [5, 5.41) is 1.04. The third-order valence-corrected chi connectivity index (χ3v) is 14.0. The van der Waals surface area contributed by atoms with Crippen LogP contribution in [0.4, 0.5) is 5.69 Å². The van der Waals surface area contributed by atoms with E-state index in [4.69, 9.17) is 11.3 Å². The number of carbonyl (C=O) groups excluding carboxylic acids is 2. The van der Waals surface area contributed by atoms with Gasteiger partial charge in [-0.15, -0.1) is 0 Å². The molecular formula is C41H43N5O5S. The van der Waals surface area contributed by atoms with Crippen LogP contribution in [0.3, 0.4) is 0 Å². The Bertz CT molecular complexity index is 2290. The van der Waals surface area contributed by atoms with Gasteiger partial charge in [-0.05, 0) is 86.5 Å². The third-order valence-electron chi connectivity index (χ3n) is 12.6. The molecule has 2 bridgehead atoms. The topological polar surface area (TPSA) is 105 Å². The number of sulfonamides is 1. The quantitative estimate of drug-likeness (QED) is 0.220. The maximum Gasteiger partial charge on any atom is 0.265 e. The molecule has 0 spiro atoms. The van der Waals surface area contributed by atoms with Gasteiger partial charge in [-0.3, -0.25) is 9.59 Å². The van der Waals surface area contributed by atoms with Crippen LogP contribution in [-0.4, -0.2) is 73.9 Å². The number of amides is 2. The number of para-hydroxylation sites is 1. The molecule has 4 aromatic rings. The number of piperazine rings is 1. The summed E-state index contributed by atoms with van der Waals surface area (Å²) in [7, 11) is -0.486. The van der Waals surface area contributed by atoms with Gasteiger partial charge in [0.2, 0.25) is 11.6 Å². The van der Waals surface area contributed by atoms with E-state index in [-0.39, 0.29) is 40.1 Å². The Morgan fingerprint density at radius 2 is 1.71 bits per heavy atom. The van der Waals surface area contributed by atoms with Crippen LogP contribution in [0.1, 0.15) is 84.7 Å². The molecule has 10 nitrogen and oxygen atoms in total. The standard InChI is InChI=1S/C41H43N5O5S/c1-42-34-11-7-8-12-36(34)52(49,50)43-39(47)26-13-17-31-35(19-26)45-24-41(40(48)46-27-14-15-28(46)23-44(2)22-27)21-33(41)32-20-29(51-3)16-18-30(32)38(45)37(31)25-9-5-4-6-10-25/h7-8,11-13,16-20,25,27-28,33H,4-6,9-10,14-15,21-24H2,2-3H3,(H,43,47). The molecule has 3 aromatic carbocycles. The highest BCUT2D eigenvalue weighted by Gasteiger charge is 2.65. The van der Waals surface area contributed by atoms with E-state index in [1.165, 1.54) is 30.2 Å². The molecule has 2 aliphatic carbocycles. The highest BCUT2D eigenvalue weighted by Crippen LogP contribution is 2.66. The molecule has 11 heteroatoms. The van der Waals surface area contributed by atoms with Gasteiger partial charge >= 0.3 is 0 Å². The number of hydrogen-bond acceptors (Lipinski definition) is 6. The van der Waals surface area contributed by atoms with Crippen molar-refractivity contribution in [1.82, 2.24) is 19.1 Å². The van der Waals surface area contributed by atoms with Crippen molar-refractivity contribution < 1.29 is 22.7 Å². The van der Waals surface area contributed by atoms with Crippen LogP contribution >= 0.6 is 0 Å². The molecule has 4 heterocycles. The molecule has 2 amide bonds. The van der Waals surface area contributed by atoms with E-state index >= 15 is 4.79 Å². The van der Waals surface area contributed by atoms with E-state index in [1.54, 1.807) is 25.3 Å². The number of methoxy groups -OCH3 is 1. The Labute approximate surface area is 304 Å². The molecule has 9 rings (SSSR count).